The van der Waals surface area contributed by atoms with Crippen molar-refractivity contribution >= 4 is 0 Å². The van der Waals surface area contributed by atoms with E-state index in [1.165, 1.54) is 17.6 Å². The Bertz CT molecular complexity index is 337. The first-order valence-corrected chi connectivity index (χ1v) is 6.42. The first kappa shape index (κ1) is 15.7. The van der Waals surface area contributed by atoms with Crippen LogP contribution in [0.5, 0.6) is 0 Å². The van der Waals surface area contributed by atoms with Gasteiger partial charge in [0.2, 0.25) is 0 Å². The van der Waals surface area contributed by atoms with Crippen LogP contribution < -0.4 is 0 Å². The highest BCUT2D eigenvalue weighted by Gasteiger charge is 2.10. The summed E-state index contributed by atoms with van der Waals surface area (Å²) in [6.45, 7) is 16.3. The van der Waals surface area contributed by atoms with Crippen LogP contribution in [0.2, 0.25) is 0 Å². The fourth-order valence-electron chi connectivity index (χ4n) is 1.75. The molecule has 0 N–H and O–H groups in total. The van der Waals surface area contributed by atoms with Gasteiger partial charge in [-0.2, -0.15) is 0 Å². The van der Waals surface area contributed by atoms with Crippen molar-refractivity contribution in [2.24, 2.45) is 5.92 Å². The van der Waals surface area contributed by atoms with Crippen LogP contribution in [0.15, 0.2) is 60.3 Å². The highest BCUT2D eigenvalue weighted by Crippen LogP contribution is 2.26. The first-order valence-electron chi connectivity index (χ1n) is 6.42. The molecule has 1 rings (SSSR count). The van der Waals surface area contributed by atoms with E-state index in [9.17, 15) is 0 Å². The second-order valence-corrected chi connectivity index (χ2v) is 4.59. The maximum absolute atomic E-state index is 4.05. The zero-order valence-corrected chi connectivity index (χ0v) is 11.8. The van der Waals surface area contributed by atoms with Gasteiger partial charge in [-0.15, -0.1) is 0 Å². The molecule has 1 unspecified atom stereocenters. The second-order valence-electron chi connectivity index (χ2n) is 4.59. The van der Waals surface area contributed by atoms with Crippen molar-refractivity contribution in [1.82, 2.24) is 0 Å². The van der Waals surface area contributed by atoms with Crippen LogP contribution >= 0.6 is 0 Å². The van der Waals surface area contributed by atoms with Gasteiger partial charge in [-0.05, 0) is 30.4 Å². The molecule has 0 aromatic carbocycles. The van der Waals surface area contributed by atoms with E-state index in [1.54, 1.807) is 6.08 Å². The molecule has 0 amide bonds. The van der Waals surface area contributed by atoms with Crippen LogP contribution in [-0.4, -0.2) is 0 Å². The molecule has 0 spiro atoms. The van der Waals surface area contributed by atoms with Crippen molar-refractivity contribution in [3.05, 3.63) is 60.3 Å². The molecular weight excluding hydrogens is 204 g/mol. The molecule has 0 heterocycles. The minimum Gasteiger partial charge on any atom is -0.0991 e. The van der Waals surface area contributed by atoms with Gasteiger partial charge in [-0.1, -0.05) is 76.3 Å². The summed E-state index contributed by atoms with van der Waals surface area (Å²) in [7, 11) is 0. The average Bonchev–Trinajstić information content (AvgIpc) is 2.25. The lowest BCUT2D eigenvalue weighted by Crippen LogP contribution is -2.01. The fraction of sp³-hybridized carbons (Fsp3) is 0.412. The first-order chi connectivity index (χ1) is 8.04. The van der Waals surface area contributed by atoms with Gasteiger partial charge in [0.25, 0.3) is 0 Å². The Hall–Kier alpha value is -1.30. The quantitative estimate of drug-likeness (QED) is 0.552. The molecule has 17 heavy (non-hydrogen) atoms. The average molecular weight is 230 g/mol. The molecule has 1 atom stereocenters. The number of rotatable bonds is 3. The third-order valence-corrected chi connectivity index (χ3v) is 2.34. The van der Waals surface area contributed by atoms with E-state index in [-0.39, 0.29) is 0 Å². The third-order valence-electron chi connectivity index (χ3n) is 2.34. The van der Waals surface area contributed by atoms with Gasteiger partial charge in [-0.25, -0.2) is 0 Å². The van der Waals surface area contributed by atoms with Crippen LogP contribution in [0.1, 0.15) is 40.5 Å². The molecule has 0 radical (unpaired) electrons. The number of hydrogen-bond donors (Lipinski definition) is 0. The van der Waals surface area contributed by atoms with Gasteiger partial charge in [0.15, 0.2) is 0 Å². The van der Waals surface area contributed by atoms with Gasteiger partial charge in [0.1, 0.15) is 0 Å². The Balaban J connectivity index is 0.000000770. The number of hydrogen-bond acceptors (Lipinski definition) is 0. The summed E-state index contributed by atoms with van der Waals surface area (Å²) >= 11 is 0. The molecule has 0 saturated carbocycles. The largest absolute Gasteiger partial charge is 0.0991 e. The predicted octanol–water partition coefficient (Wildman–Crippen LogP) is 5.61. The maximum Gasteiger partial charge on any atom is -0.0212 e. The van der Waals surface area contributed by atoms with Gasteiger partial charge >= 0.3 is 0 Å². The standard InChI is InChI=1S/C14H18.C3H8/c1-5-6-7-13(4)14-9-11(2)8-12(3)10-14;1-3-2/h5-9,12H,1,4,10H2,2-3H3;3H2,1-2H3/b7-6-;. The van der Waals surface area contributed by atoms with Crippen molar-refractivity contribution in [2.75, 3.05) is 0 Å². The normalized spacial score (nSPS) is 18.9. The molecule has 94 valence electrons. The van der Waals surface area contributed by atoms with Gasteiger partial charge in [0, 0.05) is 0 Å². The summed E-state index contributed by atoms with van der Waals surface area (Å²) in [4.78, 5) is 0. The van der Waals surface area contributed by atoms with Crippen molar-refractivity contribution < 1.29 is 0 Å². The van der Waals surface area contributed by atoms with E-state index < -0.39 is 0 Å². The van der Waals surface area contributed by atoms with Crippen LogP contribution in [-0.2, 0) is 0 Å². The van der Waals surface area contributed by atoms with E-state index in [1.807, 2.05) is 12.2 Å². The van der Waals surface area contributed by atoms with E-state index in [0.717, 1.165) is 12.0 Å². The topological polar surface area (TPSA) is 0 Å². The van der Waals surface area contributed by atoms with Crippen LogP contribution in [0.4, 0.5) is 0 Å². The molecule has 1 aliphatic carbocycles. The van der Waals surface area contributed by atoms with Gasteiger partial charge in [-0.3, -0.25) is 0 Å². The van der Waals surface area contributed by atoms with Crippen molar-refractivity contribution in [1.29, 1.82) is 0 Å². The summed E-state index contributed by atoms with van der Waals surface area (Å²) < 4.78 is 0. The summed E-state index contributed by atoms with van der Waals surface area (Å²) in [6, 6.07) is 0. The minimum atomic E-state index is 0.629. The summed E-state index contributed by atoms with van der Waals surface area (Å²) in [5, 5.41) is 0. The Labute approximate surface area is 107 Å². The predicted molar refractivity (Wildman–Crippen MR) is 80.1 cm³/mol. The molecule has 0 aromatic heterocycles. The zero-order chi connectivity index (χ0) is 13.3. The lowest BCUT2D eigenvalue weighted by atomic mass is 9.88. The molecule has 0 heteroatoms. The zero-order valence-electron chi connectivity index (χ0n) is 11.8. The summed E-state index contributed by atoms with van der Waals surface area (Å²) in [5.74, 6) is 0.629. The van der Waals surface area contributed by atoms with Crippen LogP contribution in [0, 0.1) is 5.92 Å². The molecule has 0 aromatic rings. The van der Waals surface area contributed by atoms with E-state index in [2.05, 4.69) is 53.0 Å². The molecule has 0 bridgehead atoms. The van der Waals surface area contributed by atoms with Crippen molar-refractivity contribution in [3.8, 4) is 0 Å². The molecule has 0 fully saturated rings. The summed E-state index contributed by atoms with van der Waals surface area (Å²) in [6.07, 6.45) is 12.6. The SMILES string of the molecule is C=C/C=C\C(=C)C1=CC(C)=CC(C)C1.CCC. The molecule has 1 aliphatic rings. The fourth-order valence-corrected chi connectivity index (χ4v) is 1.75. The maximum atomic E-state index is 4.05. The van der Waals surface area contributed by atoms with E-state index >= 15 is 0 Å². The minimum absolute atomic E-state index is 0.629. The monoisotopic (exact) mass is 230 g/mol. The van der Waals surface area contributed by atoms with Gasteiger partial charge in [0.05, 0.1) is 0 Å². The Kier molecular flexibility index (Phi) is 8.13. The van der Waals surface area contributed by atoms with Crippen LogP contribution in [0.25, 0.3) is 0 Å². The van der Waals surface area contributed by atoms with Crippen molar-refractivity contribution in [3.63, 3.8) is 0 Å². The highest BCUT2D eigenvalue weighted by molar-refractivity contribution is 5.44. The summed E-state index contributed by atoms with van der Waals surface area (Å²) in [5.41, 5.74) is 3.78. The third kappa shape index (κ3) is 6.78. The Morgan fingerprint density at radius 1 is 1.47 bits per heavy atom. The number of allylic oxidation sites excluding steroid dienone is 8. The smallest absolute Gasteiger partial charge is 0.0212 e. The Morgan fingerprint density at radius 3 is 2.53 bits per heavy atom. The molecular formula is C17H26. The van der Waals surface area contributed by atoms with E-state index in [0.29, 0.717) is 5.92 Å². The lowest BCUT2D eigenvalue weighted by molar-refractivity contribution is 0.707. The molecule has 0 aliphatic heterocycles. The Morgan fingerprint density at radius 2 is 2.06 bits per heavy atom. The van der Waals surface area contributed by atoms with E-state index in [4.69, 9.17) is 0 Å². The molecule has 0 saturated heterocycles. The van der Waals surface area contributed by atoms with Gasteiger partial charge < -0.3 is 0 Å². The second kappa shape index (κ2) is 8.81. The molecule has 0 nitrogen and oxygen atoms in total. The van der Waals surface area contributed by atoms with Crippen molar-refractivity contribution in [2.45, 2.75) is 40.5 Å². The van der Waals surface area contributed by atoms with Crippen LogP contribution in [0.3, 0.4) is 0 Å². The lowest BCUT2D eigenvalue weighted by Gasteiger charge is -2.17. The highest BCUT2D eigenvalue weighted by atomic mass is 14.1.